The van der Waals surface area contributed by atoms with Crippen LogP contribution < -0.4 is 5.32 Å². The van der Waals surface area contributed by atoms with Crippen LogP contribution in [0.2, 0.25) is 0 Å². The maximum atomic E-state index is 13.6. The van der Waals surface area contributed by atoms with Crippen molar-refractivity contribution in [1.29, 1.82) is 0 Å². The Bertz CT molecular complexity index is 984. The van der Waals surface area contributed by atoms with E-state index in [1.807, 2.05) is 6.92 Å². The number of hydrogen-bond acceptors (Lipinski definition) is 5. The smallest absolute Gasteiger partial charge is 0.234 e. The fraction of sp³-hybridized carbons (Fsp3) is 0.167. The number of aryl methyl sites for hydroxylation is 1. The molecule has 3 rings (SSSR count). The zero-order valence-electron chi connectivity index (χ0n) is 14.4. The Labute approximate surface area is 158 Å². The van der Waals surface area contributed by atoms with Crippen LogP contribution in [0.5, 0.6) is 0 Å². The van der Waals surface area contributed by atoms with Gasteiger partial charge in [-0.3, -0.25) is 9.36 Å². The van der Waals surface area contributed by atoms with Crippen LogP contribution >= 0.6 is 11.8 Å². The van der Waals surface area contributed by atoms with Crippen LogP contribution in [-0.4, -0.2) is 26.4 Å². The molecule has 0 fully saturated rings. The molecule has 1 amide bonds. The van der Waals surface area contributed by atoms with Crippen molar-refractivity contribution in [2.75, 3.05) is 11.1 Å². The maximum absolute atomic E-state index is 13.6. The Morgan fingerprint density at radius 2 is 2.19 bits per heavy atom. The highest BCUT2D eigenvalue weighted by molar-refractivity contribution is 7.99. The molecule has 1 aromatic carbocycles. The summed E-state index contributed by atoms with van der Waals surface area (Å²) in [5.41, 5.74) is 0.721. The Balaban J connectivity index is 1.72. The van der Waals surface area contributed by atoms with Crippen LogP contribution in [0.1, 0.15) is 5.76 Å². The molecular weight excluding hydrogens is 374 g/mol. The summed E-state index contributed by atoms with van der Waals surface area (Å²) in [5, 5.41) is 11.2. The summed E-state index contributed by atoms with van der Waals surface area (Å²) in [5.74, 6) is -0.696. The topological polar surface area (TPSA) is 73.0 Å². The lowest BCUT2D eigenvalue weighted by molar-refractivity contribution is -0.113. The number of aromatic nitrogens is 3. The van der Waals surface area contributed by atoms with Gasteiger partial charge in [0.05, 0.1) is 23.3 Å². The van der Waals surface area contributed by atoms with Crippen LogP contribution in [0.4, 0.5) is 14.5 Å². The summed E-state index contributed by atoms with van der Waals surface area (Å²) in [6.45, 7) is 6.00. The molecule has 2 aromatic heterocycles. The van der Waals surface area contributed by atoms with Crippen molar-refractivity contribution in [3.8, 4) is 11.4 Å². The van der Waals surface area contributed by atoms with E-state index in [0.717, 1.165) is 23.4 Å². The largest absolute Gasteiger partial charge is 0.469 e. The lowest BCUT2D eigenvalue weighted by atomic mass is 10.2. The molecule has 0 aliphatic heterocycles. The number of nitrogens with zero attached hydrogens (tertiary/aromatic N) is 3. The first-order valence-electron chi connectivity index (χ1n) is 7.96. The number of benzene rings is 1. The number of amides is 1. The molecule has 0 saturated carbocycles. The first-order chi connectivity index (χ1) is 13.0. The summed E-state index contributed by atoms with van der Waals surface area (Å²) < 4.78 is 33.7. The molecule has 0 bridgehead atoms. The second-order valence-electron chi connectivity index (χ2n) is 5.56. The molecule has 27 heavy (non-hydrogen) atoms. The molecule has 0 unspecified atom stereocenters. The van der Waals surface area contributed by atoms with Gasteiger partial charge < -0.3 is 9.73 Å². The van der Waals surface area contributed by atoms with E-state index in [4.69, 9.17) is 4.42 Å². The number of carbonyl (C=O) groups is 1. The number of furan rings is 1. The molecular formula is C18H16F2N4O2S. The highest BCUT2D eigenvalue weighted by Crippen LogP contribution is 2.27. The predicted molar refractivity (Wildman–Crippen MR) is 98.4 cm³/mol. The van der Waals surface area contributed by atoms with Crippen molar-refractivity contribution in [1.82, 2.24) is 14.8 Å². The minimum Gasteiger partial charge on any atom is -0.469 e. The first kappa shape index (κ1) is 18.8. The van der Waals surface area contributed by atoms with E-state index < -0.39 is 17.5 Å². The van der Waals surface area contributed by atoms with Gasteiger partial charge in [-0.25, -0.2) is 8.78 Å². The minimum atomic E-state index is -0.833. The third kappa shape index (κ3) is 4.25. The number of allylic oxidation sites excluding steroid dienone is 1. The van der Waals surface area contributed by atoms with Crippen LogP contribution in [0.25, 0.3) is 11.4 Å². The summed E-state index contributed by atoms with van der Waals surface area (Å²) in [6, 6.07) is 4.75. The van der Waals surface area contributed by atoms with Crippen LogP contribution in [0, 0.1) is 18.6 Å². The number of anilines is 1. The van der Waals surface area contributed by atoms with Crippen molar-refractivity contribution in [2.24, 2.45) is 0 Å². The molecule has 140 valence electrons. The highest BCUT2D eigenvalue weighted by Gasteiger charge is 2.18. The summed E-state index contributed by atoms with van der Waals surface area (Å²) in [6.07, 6.45) is 3.26. The minimum absolute atomic E-state index is 0.0174. The quantitative estimate of drug-likeness (QED) is 0.487. The number of nitrogens with one attached hydrogen (secondary N) is 1. The van der Waals surface area contributed by atoms with Gasteiger partial charge in [-0.15, -0.1) is 16.8 Å². The van der Waals surface area contributed by atoms with Crippen molar-refractivity contribution >= 4 is 23.4 Å². The van der Waals surface area contributed by atoms with Gasteiger partial charge in [0.15, 0.2) is 11.0 Å². The Morgan fingerprint density at radius 3 is 2.85 bits per heavy atom. The Morgan fingerprint density at radius 1 is 1.37 bits per heavy atom. The summed E-state index contributed by atoms with van der Waals surface area (Å²) >= 11 is 1.15. The van der Waals surface area contributed by atoms with Gasteiger partial charge >= 0.3 is 0 Å². The van der Waals surface area contributed by atoms with Gasteiger partial charge in [0, 0.05) is 12.6 Å². The van der Waals surface area contributed by atoms with E-state index in [0.29, 0.717) is 29.4 Å². The molecule has 0 spiro atoms. The molecule has 3 aromatic rings. The zero-order chi connectivity index (χ0) is 19.4. The summed E-state index contributed by atoms with van der Waals surface area (Å²) in [7, 11) is 0. The second kappa shape index (κ2) is 8.17. The normalized spacial score (nSPS) is 10.8. The van der Waals surface area contributed by atoms with E-state index in [1.54, 1.807) is 23.0 Å². The molecule has 0 atom stereocenters. The fourth-order valence-corrected chi connectivity index (χ4v) is 3.16. The van der Waals surface area contributed by atoms with E-state index >= 15 is 0 Å². The third-order valence-electron chi connectivity index (χ3n) is 3.67. The van der Waals surface area contributed by atoms with E-state index in [1.165, 1.54) is 6.07 Å². The molecule has 9 heteroatoms. The molecule has 2 heterocycles. The number of halogens is 2. The molecule has 1 N–H and O–H groups in total. The van der Waals surface area contributed by atoms with E-state index in [-0.39, 0.29) is 11.4 Å². The van der Waals surface area contributed by atoms with Gasteiger partial charge in [0.2, 0.25) is 5.91 Å². The van der Waals surface area contributed by atoms with E-state index in [2.05, 4.69) is 22.1 Å². The lowest BCUT2D eigenvalue weighted by Gasteiger charge is -2.08. The number of carbonyl (C=O) groups excluding carboxylic acids is 1. The monoisotopic (exact) mass is 390 g/mol. The van der Waals surface area contributed by atoms with Crippen molar-refractivity contribution in [3.05, 3.63) is 60.6 Å². The molecule has 6 nitrogen and oxygen atoms in total. The van der Waals surface area contributed by atoms with Gasteiger partial charge in [-0.1, -0.05) is 17.8 Å². The van der Waals surface area contributed by atoms with Crippen molar-refractivity contribution in [2.45, 2.75) is 18.6 Å². The van der Waals surface area contributed by atoms with Crippen molar-refractivity contribution < 1.29 is 18.0 Å². The number of rotatable bonds is 7. The lowest BCUT2D eigenvalue weighted by Crippen LogP contribution is -2.15. The van der Waals surface area contributed by atoms with Crippen LogP contribution in [0.15, 0.2) is 52.8 Å². The van der Waals surface area contributed by atoms with Crippen molar-refractivity contribution in [3.63, 3.8) is 0 Å². The van der Waals surface area contributed by atoms with Gasteiger partial charge in [-0.2, -0.15) is 0 Å². The third-order valence-corrected chi connectivity index (χ3v) is 4.63. The van der Waals surface area contributed by atoms with Crippen LogP contribution in [0.3, 0.4) is 0 Å². The average molecular weight is 390 g/mol. The highest BCUT2D eigenvalue weighted by atomic mass is 32.2. The average Bonchev–Trinajstić information content (AvgIpc) is 3.22. The van der Waals surface area contributed by atoms with E-state index in [9.17, 15) is 13.6 Å². The van der Waals surface area contributed by atoms with Crippen LogP contribution in [-0.2, 0) is 11.3 Å². The fourth-order valence-electron chi connectivity index (χ4n) is 2.41. The second-order valence-corrected chi connectivity index (χ2v) is 6.50. The predicted octanol–water partition coefficient (Wildman–Crippen LogP) is 4.04. The molecule has 0 saturated heterocycles. The Kier molecular flexibility index (Phi) is 5.70. The maximum Gasteiger partial charge on any atom is 0.234 e. The van der Waals surface area contributed by atoms with Gasteiger partial charge in [0.1, 0.15) is 17.4 Å². The van der Waals surface area contributed by atoms with Gasteiger partial charge in [0.25, 0.3) is 0 Å². The standard InChI is InChI=1S/C18H16F2N4O2S/c1-3-7-24-17(13-6-8-26-11(13)2)22-23-18(24)27-10-16(25)21-15-5-4-12(19)9-14(15)20/h3-6,8-9H,1,7,10H2,2H3,(H,21,25). The Hall–Kier alpha value is -2.94. The van der Waals surface area contributed by atoms with Gasteiger partial charge in [-0.05, 0) is 25.1 Å². The summed E-state index contributed by atoms with van der Waals surface area (Å²) in [4.78, 5) is 12.1. The number of hydrogen-bond donors (Lipinski definition) is 1. The molecule has 0 aliphatic carbocycles. The molecule has 0 radical (unpaired) electrons. The zero-order valence-corrected chi connectivity index (χ0v) is 15.2. The first-order valence-corrected chi connectivity index (χ1v) is 8.94. The SMILES string of the molecule is C=CCn1c(SCC(=O)Nc2ccc(F)cc2F)nnc1-c1ccoc1C. The number of thioether (sulfide) groups is 1. The molecule has 0 aliphatic rings.